The maximum absolute atomic E-state index is 10.2. The van der Waals surface area contributed by atoms with Crippen LogP contribution < -0.4 is 10.9 Å². The van der Waals surface area contributed by atoms with Crippen LogP contribution in [-0.4, -0.2) is 34.3 Å². The molecule has 6 heteroatoms. The number of rotatable bonds is 6. The van der Waals surface area contributed by atoms with Gasteiger partial charge in [0.2, 0.25) is 0 Å². The van der Waals surface area contributed by atoms with E-state index in [2.05, 4.69) is 88.4 Å². The molecule has 0 fully saturated rings. The van der Waals surface area contributed by atoms with Crippen molar-refractivity contribution < 1.29 is 20.1 Å². The molecule has 0 atom stereocenters. The van der Waals surface area contributed by atoms with Crippen molar-refractivity contribution in [2.75, 3.05) is 0 Å². The molecule has 0 saturated heterocycles. The predicted octanol–water partition coefficient (Wildman–Crippen LogP) is 7.17. The van der Waals surface area contributed by atoms with E-state index in [0.29, 0.717) is 10.9 Å². The molecule has 0 heterocycles. The van der Waals surface area contributed by atoms with Crippen molar-refractivity contribution in [3.05, 3.63) is 107 Å². The van der Waals surface area contributed by atoms with Gasteiger partial charge in [0.05, 0.1) is 0 Å². The first-order chi connectivity index (χ1) is 23.2. The van der Waals surface area contributed by atoms with Crippen molar-refractivity contribution in [1.82, 2.24) is 0 Å². The Morgan fingerprint density at radius 2 is 0.750 bits per heavy atom. The van der Waals surface area contributed by atoms with Crippen LogP contribution in [0.25, 0.3) is 66.1 Å². The van der Waals surface area contributed by atoms with Crippen LogP contribution in [0, 0.1) is 0 Å². The van der Waals surface area contributed by atoms with Gasteiger partial charge in [0, 0.05) is 10.8 Å². The van der Waals surface area contributed by atoms with Crippen molar-refractivity contribution in [2.24, 2.45) is 0 Å². The maximum Gasteiger partial charge on any atom is 0.488 e. The summed E-state index contributed by atoms with van der Waals surface area (Å²) in [5, 5.41) is 45.3. The Morgan fingerprint density at radius 3 is 1.06 bits per heavy atom. The molecule has 4 nitrogen and oxygen atoms in total. The Morgan fingerprint density at radius 1 is 0.417 bits per heavy atom. The molecule has 0 amide bonds. The minimum atomic E-state index is -1.53. The highest BCUT2D eigenvalue weighted by atomic mass is 16.4. The van der Waals surface area contributed by atoms with Crippen LogP contribution in [0.2, 0.25) is 0 Å². The molecule has 0 saturated carbocycles. The average Bonchev–Trinajstić information content (AvgIpc) is 3.59. The fraction of sp³-hybridized carbons (Fsp3) is 0.238. The fourth-order valence-electron chi connectivity index (χ4n) is 10.1. The normalized spacial score (nSPS) is 15.3. The summed E-state index contributed by atoms with van der Waals surface area (Å²) in [6.45, 7) is 9.29. The van der Waals surface area contributed by atoms with E-state index in [4.69, 9.17) is 0 Å². The Labute approximate surface area is 282 Å². The highest BCUT2D eigenvalue weighted by molar-refractivity contribution is 6.59. The first-order valence-electron chi connectivity index (χ1n) is 17.5. The van der Waals surface area contributed by atoms with Crippen LogP contribution in [0.15, 0.2) is 84.9 Å². The van der Waals surface area contributed by atoms with Gasteiger partial charge >= 0.3 is 14.2 Å². The van der Waals surface area contributed by atoms with Gasteiger partial charge in [-0.2, -0.15) is 0 Å². The molecule has 6 aromatic rings. The van der Waals surface area contributed by atoms with Crippen LogP contribution in [-0.2, 0) is 10.8 Å². The van der Waals surface area contributed by atoms with Gasteiger partial charge in [-0.15, -0.1) is 0 Å². The molecular weight excluding hydrogens is 590 g/mol. The summed E-state index contributed by atoms with van der Waals surface area (Å²) in [6.07, 6.45) is 3.78. The molecule has 0 aliphatic heterocycles. The average molecular weight is 628 g/mol. The first-order valence-corrected chi connectivity index (χ1v) is 17.5. The molecule has 4 N–H and O–H groups in total. The van der Waals surface area contributed by atoms with Gasteiger partial charge in [0.25, 0.3) is 0 Å². The molecule has 0 bridgehead atoms. The summed E-state index contributed by atoms with van der Waals surface area (Å²) >= 11 is 0. The topological polar surface area (TPSA) is 80.9 Å². The quantitative estimate of drug-likeness (QED) is 0.147. The van der Waals surface area contributed by atoms with Crippen molar-refractivity contribution in [2.45, 2.75) is 64.2 Å². The van der Waals surface area contributed by atoms with E-state index in [1.165, 1.54) is 66.4 Å². The SMILES string of the molecule is CCC1(CC)c2cc3c(cc2C(CC)(CC)c2cc4c(cc21)-c1cc(B(O)O)cc2cccc-4c12)-c1cc(B(O)O)cc2cccc-3c12. The Balaban J connectivity index is 1.37. The van der Waals surface area contributed by atoms with Crippen LogP contribution in [0.1, 0.15) is 75.6 Å². The molecule has 0 radical (unpaired) electrons. The largest absolute Gasteiger partial charge is 0.488 e. The van der Waals surface area contributed by atoms with Gasteiger partial charge in [-0.05, 0) is 149 Å². The van der Waals surface area contributed by atoms with Crippen molar-refractivity contribution in [3.8, 4) is 44.5 Å². The van der Waals surface area contributed by atoms with Crippen LogP contribution in [0.5, 0.6) is 0 Å². The second-order valence-corrected chi connectivity index (χ2v) is 14.2. The smallest absolute Gasteiger partial charge is 0.423 e. The van der Waals surface area contributed by atoms with Gasteiger partial charge in [0.15, 0.2) is 0 Å². The third kappa shape index (κ3) is 3.56. The van der Waals surface area contributed by atoms with E-state index in [9.17, 15) is 20.1 Å². The van der Waals surface area contributed by atoms with Crippen molar-refractivity contribution in [3.63, 3.8) is 0 Å². The van der Waals surface area contributed by atoms with E-state index in [1.807, 2.05) is 24.3 Å². The molecule has 0 spiro atoms. The molecule has 0 unspecified atom stereocenters. The lowest BCUT2D eigenvalue weighted by molar-refractivity contribution is 0.388. The lowest BCUT2D eigenvalue weighted by Crippen LogP contribution is -2.42. The summed E-state index contributed by atoms with van der Waals surface area (Å²) in [5.41, 5.74) is 15.5. The molecule has 48 heavy (non-hydrogen) atoms. The molecule has 0 aromatic heterocycles. The molecule has 236 valence electrons. The molecule has 3 aliphatic rings. The van der Waals surface area contributed by atoms with E-state index >= 15 is 0 Å². The second kappa shape index (κ2) is 10.2. The fourth-order valence-corrected chi connectivity index (χ4v) is 10.1. The number of fused-ring (bicyclic) bond motifs is 8. The second-order valence-electron chi connectivity index (χ2n) is 14.2. The van der Waals surface area contributed by atoms with Gasteiger partial charge in [0.1, 0.15) is 0 Å². The molecule has 3 aliphatic carbocycles. The van der Waals surface area contributed by atoms with Gasteiger partial charge in [-0.3, -0.25) is 0 Å². The lowest BCUT2D eigenvalue weighted by Gasteiger charge is -2.50. The Bertz CT molecular complexity index is 2200. The lowest BCUT2D eigenvalue weighted by atomic mass is 9.53. The summed E-state index contributed by atoms with van der Waals surface area (Å²) in [4.78, 5) is 0. The van der Waals surface area contributed by atoms with E-state index in [1.54, 1.807) is 0 Å². The Hall–Kier alpha value is -4.19. The first kappa shape index (κ1) is 29.9. The predicted molar refractivity (Wildman–Crippen MR) is 199 cm³/mol. The Kier molecular flexibility index (Phi) is 6.33. The van der Waals surface area contributed by atoms with Gasteiger partial charge < -0.3 is 20.1 Å². The minimum Gasteiger partial charge on any atom is -0.423 e. The van der Waals surface area contributed by atoms with E-state index < -0.39 is 14.2 Å². The number of hydrogen-bond acceptors (Lipinski definition) is 4. The number of hydrogen-bond donors (Lipinski definition) is 4. The van der Waals surface area contributed by atoms with Crippen molar-refractivity contribution in [1.29, 1.82) is 0 Å². The van der Waals surface area contributed by atoms with Crippen LogP contribution in [0.3, 0.4) is 0 Å². The maximum atomic E-state index is 10.2. The molecule has 9 rings (SSSR count). The van der Waals surface area contributed by atoms with Crippen molar-refractivity contribution >= 4 is 46.7 Å². The van der Waals surface area contributed by atoms with E-state index in [-0.39, 0.29) is 10.8 Å². The summed E-state index contributed by atoms with van der Waals surface area (Å²) in [6, 6.07) is 30.3. The zero-order valence-electron chi connectivity index (χ0n) is 27.9. The van der Waals surface area contributed by atoms with Crippen LogP contribution in [0.4, 0.5) is 0 Å². The third-order valence-corrected chi connectivity index (χ3v) is 12.5. The monoisotopic (exact) mass is 628 g/mol. The zero-order valence-corrected chi connectivity index (χ0v) is 27.9. The zero-order chi connectivity index (χ0) is 33.3. The van der Waals surface area contributed by atoms with Crippen LogP contribution >= 0.6 is 0 Å². The van der Waals surface area contributed by atoms with Gasteiger partial charge in [-0.1, -0.05) is 88.4 Å². The molecule has 6 aromatic carbocycles. The minimum absolute atomic E-state index is 0.223. The molecular formula is C42H38B2O4. The summed E-state index contributed by atoms with van der Waals surface area (Å²) in [5.74, 6) is 0. The third-order valence-electron chi connectivity index (χ3n) is 12.5. The highest BCUT2D eigenvalue weighted by Gasteiger charge is 2.49. The standard InChI is InChI=1S/C42H38B2O4/c1-5-41(6-2)35-19-29-27-13-9-11-23-15-26(44(47)48)18-34(39(23)27)32(29)22-38(35)42(7-3,8-4)36-20-30-28-14-10-12-24-16-25(43(45)46)17-33(40(24)28)31(30)21-37(36)41/h9-22,45-48H,5-8H2,1-4H3. The summed E-state index contributed by atoms with van der Waals surface area (Å²) in [7, 11) is -3.07. The number of benzene rings is 6. The summed E-state index contributed by atoms with van der Waals surface area (Å²) < 4.78 is 0. The highest BCUT2D eigenvalue weighted by Crippen LogP contribution is 2.61. The van der Waals surface area contributed by atoms with E-state index in [0.717, 1.165) is 47.6 Å². The van der Waals surface area contributed by atoms with Gasteiger partial charge in [-0.25, -0.2) is 0 Å².